The molecule has 1 aliphatic heterocycles. The van der Waals surface area contributed by atoms with Gasteiger partial charge in [0.25, 0.3) is 0 Å². The van der Waals surface area contributed by atoms with E-state index in [4.69, 9.17) is 14.2 Å². The molecule has 1 saturated heterocycles. The molecule has 7 nitrogen and oxygen atoms in total. The number of ether oxygens (including phenoxy) is 3. The van der Waals surface area contributed by atoms with E-state index in [2.05, 4.69) is 69.7 Å². The molecule has 2 aromatic heterocycles. The Bertz CT molecular complexity index is 1350. The minimum atomic E-state index is 0.491. The van der Waals surface area contributed by atoms with E-state index in [0.717, 1.165) is 63.1 Å². The number of morpholine rings is 1. The lowest BCUT2D eigenvalue weighted by molar-refractivity contribution is 0.122. The van der Waals surface area contributed by atoms with Crippen LogP contribution in [0.2, 0.25) is 0 Å². The number of hydrogen-bond acceptors (Lipinski definition) is 8. The Morgan fingerprint density at radius 1 is 1.00 bits per heavy atom. The van der Waals surface area contributed by atoms with Crippen molar-refractivity contribution in [3.63, 3.8) is 0 Å². The SMILES string of the molecule is CCOc1cc(N2CCOCC2)c(OCC)cc1Nc1ncnc2scc(-c3ccc(C(C)C)cc3)c12. The smallest absolute Gasteiger partial charge is 0.145 e. The molecule has 3 heterocycles. The monoisotopic (exact) mass is 518 g/mol. The molecule has 1 N–H and O–H groups in total. The Kier molecular flexibility index (Phi) is 7.76. The van der Waals surface area contributed by atoms with Crippen molar-refractivity contribution in [1.82, 2.24) is 9.97 Å². The van der Waals surface area contributed by atoms with Gasteiger partial charge in [-0.3, -0.25) is 0 Å². The summed E-state index contributed by atoms with van der Waals surface area (Å²) in [6, 6.07) is 12.9. The first-order valence-corrected chi connectivity index (χ1v) is 13.8. The maximum atomic E-state index is 6.10. The van der Waals surface area contributed by atoms with Crippen LogP contribution < -0.4 is 19.7 Å². The van der Waals surface area contributed by atoms with E-state index in [1.165, 1.54) is 5.56 Å². The first-order chi connectivity index (χ1) is 18.1. The molecule has 0 bridgehead atoms. The van der Waals surface area contributed by atoms with E-state index >= 15 is 0 Å². The fraction of sp³-hybridized carbons (Fsp3) is 0.379. The third-order valence-electron chi connectivity index (χ3n) is 6.52. The van der Waals surface area contributed by atoms with E-state index in [0.29, 0.717) is 32.3 Å². The molecular weight excluding hydrogens is 484 g/mol. The van der Waals surface area contributed by atoms with Crippen LogP contribution in [-0.2, 0) is 4.74 Å². The van der Waals surface area contributed by atoms with E-state index in [9.17, 15) is 0 Å². The molecule has 0 saturated carbocycles. The van der Waals surface area contributed by atoms with Crippen LogP contribution in [0.1, 0.15) is 39.2 Å². The lowest BCUT2D eigenvalue weighted by Gasteiger charge is -2.31. The van der Waals surface area contributed by atoms with Crippen LogP contribution in [0.15, 0.2) is 48.1 Å². The molecule has 1 aliphatic rings. The maximum absolute atomic E-state index is 6.10. The molecule has 1 fully saturated rings. The molecule has 0 aliphatic carbocycles. The molecule has 37 heavy (non-hydrogen) atoms. The van der Waals surface area contributed by atoms with Crippen LogP contribution in [0.3, 0.4) is 0 Å². The van der Waals surface area contributed by atoms with Crippen molar-refractivity contribution in [2.75, 3.05) is 49.7 Å². The second kappa shape index (κ2) is 11.4. The Labute approximate surface area is 222 Å². The van der Waals surface area contributed by atoms with Crippen LogP contribution >= 0.6 is 11.3 Å². The summed E-state index contributed by atoms with van der Waals surface area (Å²) in [4.78, 5) is 12.4. The third-order valence-corrected chi connectivity index (χ3v) is 7.41. The molecule has 0 atom stereocenters. The summed E-state index contributed by atoms with van der Waals surface area (Å²) < 4.78 is 17.8. The van der Waals surface area contributed by atoms with Gasteiger partial charge in [-0.1, -0.05) is 38.1 Å². The van der Waals surface area contributed by atoms with Crippen LogP contribution in [0, 0.1) is 0 Å². The predicted octanol–water partition coefficient (Wildman–Crippen LogP) is 6.86. The van der Waals surface area contributed by atoms with Gasteiger partial charge in [-0.2, -0.15) is 0 Å². The zero-order valence-electron chi connectivity index (χ0n) is 21.9. The van der Waals surface area contributed by atoms with Gasteiger partial charge in [0.1, 0.15) is 28.5 Å². The molecule has 0 radical (unpaired) electrons. The summed E-state index contributed by atoms with van der Waals surface area (Å²) in [5.74, 6) is 2.82. The number of hydrogen-bond donors (Lipinski definition) is 1. The number of anilines is 3. The Morgan fingerprint density at radius 3 is 2.43 bits per heavy atom. The summed E-state index contributed by atoms with van der Waals surface area (Å²) in [6.45, 7) is 12.6. The van der Waals surface area contributed by atoms with Crippen molar-refractivity contribution in [2.45, 2.75) is 33.6 Å². The minimum Gasteiger partial charge on any atom is -0.492 e. The highest BCUT2D eigenvalue weighted by Crippen LogP contribution is 2.43. The minimum absolute atomic E-state index is 0.491. The largest absolute Gasteiger partial charge is 0.492 e. The number of aromatic nitrogens is 2. The van der Waals surface area contributed by atoms with Crippen molar-refractivity contribution in [3.8, 4) is 22.6 Å². The molecule has 0 amide bonds. The van der Waals surface area contributed by atoms with Gasteiger partial charge in [0.2, 0.25) is 0 Å². The van der Waals surface area contributed by atoms with Gasteiger partial charge in [0.15, 0.2) is 0 Å². The maximum Gasteiger partial charge on any atom is 0.145 e. The summed E-state index contributed by atoms with van der Waals surface area (Å²) >= 11 is 1.63. The fourth-order valence-corrected chi connectivity index (χ4v) is 5.52. The average molecular weight is 519 g/mol. The number of rotatable bonds is 9. The number of nitrogens with one attached hydrogen (secondary N) is 1. The highest BCUT2D eigenvalue weighted by molar-refractivity contribution is 7.17. The first kappa shape index (κ1) is 25.3. The second-order valence-corrected chi connectivity index (χ2v) is 10.1. The molecule has 0 spiro atoms. The highest BCUT2D eigenvalue weighted by Gasteiger charge is 2.21. The van der Waals surface area contributed by atoms with Crippen molar-refractivity contribution in [2.24, 2.45) is 0 Å². The van der Waals surface area contributed by atoms with E-state index in [1.54, 1.807) is 17.7 Å². The van der Waals surface area contributed by atoms with E-state index in [1.807, 2.05) is 19.9 Å². The zero-order valence-corrected chi connectivity index (χ0v) is 22.7. The van der Waals surface area contributed by atoms with Crippen LogP contribution in [0.5, 0.6) is 11.5 Å². The van der Waals surface area contributed by atoms with Gasteiger partial charge in [0.05, 0.1) is 43.2 Å². The molecule has 5 rings (SSSR count). The van der Waals surface area contributed by atoms with E-state index < -0.39 is 0 Å². The van der Waals surface area contributed by atoms with Gasteiger partial charge in [0, 0.05) is 36.2 Å². The average Bonchev–Trinajstić information content (AvgIpc) is 3.36. The molecular formula is C29H34N4O3S. The molecule has 194 valence electrons. The first-order valence-electron chi connectivity index (χ1n) is 12.9. The highest BCUT2D eigenvalue weighted by atomic mass is 32.1. The zero-order chi connectivity index (χ0) is 25.8. The Balaban J connectivity index is 1.56. The van der Waals surface area contributed by atoms with Crippen molar-refractivity contribution in [1.29, 1.82) is 0 Å². The van der Waals surface area contributed by atoms with Crippen molar-refractivity contribution >= 4 is 38.7 Å². The lowest BCUT2D eigenvalue weighted by atomic mass is 9.99. The number of benzene rings is 2. The molecule has 0 unspecified atom stereocenters. The van der Waals surface area contributed by atoms with Gasteiger partial charge in [-0.15, -0.1) is 11.3 Å². The lowest BCUT2D eigenvalue weighted by Crippen LogP contribution is -2.36. The molecule has 8 heteroatoms. The number of fused-ring (bicyclic) bond motifs is 1. The summed E-state index contributed by atoms with van der Waals surface area (Å²) in [7, 11) is 0. The topological polar surface area (TPSA) is 68.7 Å². The quantitative estimate of drug-likeness (QED) is 0.260. The second-order valence-electron chi connectivity index (χ2n) is 9.24. The predicted molar refractivity (Wildman–Crippen MR) is 152 cm³/mol. The Morgan fingerprint density at radius 2 is 1.73 bits per heavy atom. The third kappa shape index (κ3) is 5.36. The standard InChI is InChI=1S/C29H34N4O3S/c1-5-35-25-16-24(33-11-13-34-14-12-33)26(36-6-2)15-23(25)32-28-27-22(17-37-29(27)31-18-30-28)21-9-7-20(8-10-21)19(3)4/h7-10,15-19H,5-6,11-14H2,1-4H3,(H,30,31,32). The van der Waals surface area contributed by atoms with E-state index in [-0.39, 0.29) is 0 Å². The summed E-state index contributed by atoms with van der Waals surface area (Å²) in [5, 5.41) is 6.72. The normalized spacial score (nSPS) is 13.8. The van der Waals surface area contributed by atoms with Crippen LogP contribution in [-0.4, -0.2) is 49.5 Å². The fourth-order valence-electron chi connectivity index (χ4n) is 4.60. The van der Waals surface area contributed by atoms with Crippen molar-refractivity contribution in [3.05, 3.63) is 53.7 Å². The molecule has 4 aromatic rings. The van der Waals surface area contributed by atoms with Gasteiger partial charge in [-0.05, 0) is 30.9 Å². The summed E-state index contributed by atoms with van der Waals surface area (Å²) in [6.07, 6.45) is 1.61. The number of thiophene rings is 1. The summed E-state index contributed by atoms with van der Waals surface area (Å²) in [5.41, 5.74) is 5.42. The molecule has 2 aromatic carbocycles. The van der Waals surface area contributed by atoms with Gasteiger partial charge >= 0.3 is 0 Å². The van der Waals surface area contributed by atoms with Crippen molar-refractivity contribution < 1.29 is 14.2 Å². The van der Waals surface area contributed by atoms with Gasteiger partial charge in [-0.25, -0.2) is 9.97 Å². The number of nitrogens with zero attached hydrogens (tertiary/aromatic N) is 3. The Hall–Kier alpha value is -3.36. The van der Waals surface area contributed by atoms with Crippen LogP contribution in [0.4, 0.5) is 17.2 Å². The van der Waals surface area contributed by atoms with Gasteiger partial charge < -0.3 is 24.4 Å². The van der Waals surface area contributed by atoms with Crippen LogP contribution in [0.25, 0.3) is 21.3 Å².